The highest BCUT2D eigenvalue weighted by Gasteiger charge is 2.81. The molecule has 0 N–H and O–H groups in total. The zero-order valence-electron chi connectivity index (χ0n) is 10.7. The minimum Gasteiger partial charge on any atom is -0.109 e. The van der Waals surface area contributed by atoms with E-state index >= 15 is 0 Å². The number of hydrogen-bond donors (Lipinski definition) is 0. The first-order chi connectivity index (χ1) is 9.60. The molecule has 0 amide bonds. The maximum atomic E-state index is 6.86. The lowest BCUT2D eigenvalue weighted by atomic mass is 9.75. The minimum atomic E-state index is -1.40. The summed E-state index contributed by atoms with van der Waals surface area (Å²) in [7, 11) is 0. The van der Waals surface area contributed by atoms with Crippen LogP contribution >= 0.6 is 101 Å². The summed E-state index contributed by atoms with van der Waals surface area (Å²) in [6.45, 7) is 0. The van der Waals surface area contributed by atoms with Gasteiger partial charge in [0.2, 0.25) is 0 Å². The molecule has 2 bridgehead atoms. The molecule has 3 aliphatic rings. The van der Waals surface area contributed by atoms with Gasteiger partial charge in [-0.3, -0.25) is 0 Å². The summed E-state index contributed by atoms with van der Waals surface area (Å²) in [5.41, 5.74) is 0. The van der Waals surface area contributed by atoms with E-state index in [-0.39, 0.29) is 11.8 Å². The first-order valence-corrected chi connectivity index (χ1v) is 10.8. The highest BCUT2D eigenvalue weighted by molar-refractivity contribution is 9.12. The van der Waals surface area contributed by atoms with Crippen LogP contribution in [0, 0.1) is 11.8 Å². The van der Waals surface area contributed by atoms with Gasteiger partial charge in [-0.15, -0.1) is 23.2 Å². The van der Waals surface area contributed by atoms with Crippen molar-refractivity contribution >= 4 is 101 Å². The van der Waals surface area contributed by atoms with E-state index in [4.69, 9.17) is 69.6 Å². The number of alkyl halides is 6. The molecule has 6 atom stereocenters. The van der Waals surface area contributed by atoms with E-state index in [9.17, 15) is 0 Å². The van der Waals surface area contributed by atoms with Crippen LogP contribution in [-0.2, 0) is 0 Å². The average Bonchev–Trinajstić information content (AvgIpc) is 2.61. The number of allylic oxidation sites excluding steroid dienone is 2. The molecular formula is C13H12Br2Cl6. The van der Waals surface area contributed by atoms with Gasteiger partial charge in [0.15, 0.2) is 4.33 Å². The number of hydrogen-bond acceptors (Lipinski definition) is 0. The van der Waals surface area contributed by atoms with Gasteiger partial charge in [-0.25, -0.2) is 0 Å². The molecule has 6 unspecified atom stereocenters. The second kappa shape index (κ2) is 5.73. The standard InChI is InChI=1S/C13H12Br2Cl6/c14-7-3-1-5-6(2-4-8(7)15)12(19)10(17)9(16)11(5,18)13(12,20)21/h5-8H,1-4H2. The molecule has 0 spiro atoms. The fraction of sp³-hybridized carbons (Fsp3) is 0.846. The Morgan fingerprint density at radius 2 is 1.05 bits per heavy atom. The normalized spacial score (nSPS) is 52.6. The van der Waals surface area contributed by atoms with Crippen molar-refractivity contribution in [2.75, 3.05) is 0 Å². The van der Waals surface area contributed by atoms with Crippen molar-refractivity contribution in [1.29, 1.82) is 0 Å². The third kappa shape index (κ3) is 2.12. The van der Waals surface area contributed by atoms with Crippen LogP contribution in [-0.4, -0.2) is 23.7 Å². The Morgan fingerprint density at radius 1 is 0.714 bits per heavy atom. The van der Waals surface area contributed by atoms with Crippen LogP contribution in [0.2, 0.25) is 0 Å². The fourth-order valence-electron chi connectivity index (χ4n) is 4.04. The molecule has 8 heteroatoms. The Bertz CT molecular complexity index is 467. The Hall–Kier alpha value is 2.44. The Morgan fingerprint density at radius 3 is 1.38 bits per heavy atom. The van der Waals surface area contributed by atoms with Gasteiger partial charge >= 0.3 is 0 Å². The maximum Gasteiger partial charge on any atom is 0.166 e. The van der Waals surface area contributed by atoms with Crippen LogP contribution in [0.25, 0.3) is 0 Å². The summed E-state index contributed by atoms with van der Waals surface area (Å²) >= 11 is 47.2. The van der Waals surface area contributed by atoms with Crippen molar-refractivity contribution in [2.24, 2.45) is 11.8 Å². The number of fused-ring (bicyclic) bond motifs is 5. The van der Waals surface area contributed by atoms with Gasteiger partial charge in [0.05, 0.1) is 10.1 Å². The molecule has 0 aromatic carbocycles. The Labute approximate surface area is 171 Å². The predicted molar refractivity (Wildman–Crippen MR) is 101 cm³/mol. The quantitative estimate of drug-likeness (QED) is 0.286. The van der Waals surface area contributed by atoms with Gasteiger partial charge in [-0.1, -0.05) is 78.3 Å². The molecule has 0 heterocycles. The van der Waals surface area contributed by atoms with Crippen LogP contribution in [0.15, 0.2) is 10.1 Å². The second-order valence-corrected chi connectivity index (χ2v) is 11.7. The molecular weight excluding hydrogens is 529 g/mol. The number of rotatable bonds is 0. The van der Waals surface area contributed by atoms with Gasteiger partial charge in [-0.2, -0.15) is 0 Å². The topological polar surface area (TPSA) is 0 Å². The molecule has 0 aromatic heterocycles. The van der Waals surface area contributed by atoms with Gasteiger partial charge in [0, 0.05) is 9.65 Å². The van der Waals surface area contributed by atoms with Gasteiger partial charge in [-0.05, 0) is 37.5 Å². The fourth-order valence-corrected chi connectivity index (χ4v) is 8.25. The molecule has 2 fully saturated rings. The third-order valence-corrected chi connectivity index (χ3v) is 12.4. The van der Waals surface area contributed by atoms with Gasteiger partial charge < -0.3 is 0 Å². The summed E-state index contributed by atoms with van der Waals surface area (Å²) in [4.78, 5) is -1.45. The molecule has 0 aliphatic heterocycles. The SMILES string of the molecule is ClC1=C(Cl)C2(Cl)C3CCC(Br)C(Br)CCC3C1(Cl)C2(Cl)Cl. The summed E-state index contributed by atoms with van der Waals surface area (Å²) in [6, 6.07) is 0. The molecule has 21 heavy (non-hydrogen) atoms. The van der Waals surface area contributed by atoms with Crippen LogP contribution in [0.4, 0.5) is 0 Å². The largest absolute Gasteiger partial charge is 0.166 e. The first-order valence-electron chi connectivity index (χ1n) is 6.70. The van der Waals surface area contributed by atoms with Crippen LogP contribution in [0.1, 0.15) is 25.7 Å². The van der Waals surface area contributed by atoms with Crippen molar-refractivity contribution in [2.45, 2.75) is 49.4 Å². The van der Waals surface area contributed by atoms with E-state index in [1.807, 2.05) is 0 Å². The van der Waals surface area contributed by atoms with Crippen molar-refractivity contribution < 1.29 is 0 Å². The smallest absolute Gasteiger partial charge is 0.109 e. The highest BCUT2D eigenvalue weighted by atomic mass is 79.9. The highest BCUT2D eigenvalue weighted by Crippen LogP contribution is 2.77. The molecule has 0 radical (unpaired) electrons. The Balaban J connectivity index is 2.10. The van der Waals surface area contributed by atoms with Crippen molar-refractivity contribution in [3.8, 4) is 0 Å². The lowest BCUT2D eigenvalue weighted by Crippen LogP contribution is -2.44. The summed E-state index contributed by atoms with van der Waals surface area (Å²) in [6.07, 6.45) is 3.60. The minimum absolute atomic E-state index is 0.0155. The van der Waals surface area contributed by atoms with E-state index in [2.05, 4.69) is 31.9 Å². The summed E-state index contributed by atoms with van der Waals surface area (Å²) < 4.78 is -1.40. The average molecular weight is 541 g/mol. The van der Waals surface area contributed by atoms with Crippen molar-refractivity contribution in [1.82, 2.24) is 0 Å². The Kier molecular flexibility index (Phi) is 4.97. The van der Waals surface area contributed by atoms with Crippen LogP contribution in [0.5, 0.6) is 0 Å². The first kappa shape index (κ1) is 18.2. The third-order valence-electron chi connectivity index (χ3n) is 5.15. The van der Waals surface area contributed by atoms with E-state index in [0.717, 1.165) is 25.7 Å². The van der Waals surface area contributed by atoms with Crippen molar-refractivity contribution in [3.63, 3.8) is 0 Å². The molecule has 120 valence electrons. The van der Waals surface area contributed by atoms with Gasteiger partial charge in [0.25, 0.3) is 0 Å². The van der Waals surface area contributed by atoms with Crippen molar-refractivity contribution in [3.05, 3.63) is 10.1 Å². The molecule has 0 nitrogen and oxygen atoms in total. The van der Waals surface area contributed by atoms with Crippen LogP contribution < -0.4 is 0 Å². The number of halogens is 8. The van der Waals surface area contributed by atoms with E-state index < -0.39 is 14.1 Å². The van der Waals surface area contributed by atoms with E-state index in [0.29, 0.717) is 19.7 Å². The summed E-state index contributed by atoms with van der Waals surface area (Å²) in [5, 5.41) is 0.628. The van der Waals surface area contributed by atoms with E-state index in [1.165, 1.54) is 0 Å². The second-order valence-electron chi connectivity index (χ2n) is 6.03. The molecule has 0 aromatic rings. The van der Waals surface area contributed by atoms with Crippen LogP contribution in [0.3, 0.4) is 0 Å². The zero-order chi connectivity index (χ0) is 15.8. The zero-order valence-corrected chi connectivity index (χ0v) is 18.4. The molecule has 3 aliphatic carbocycles. The lowest BCUT2D eigenvalue weighted by Gasteiger charge is -2.39. The molecule has 0 saturated heterocycles. The van der Waals surface area contributed by atoms with Gasteiger partial charge in [0.1, 0.15) is 9.75 Å². The summed E-state index contributed by atoms with van der Waals surface area (Å²) in [5.74, 6) is 0.0310. The molecule has 3 rings (SSSR count). The maximum absolute atomic E-state index is 6.86. The monoisotopic (exact) mass is 536 g/mol. The predicted octanol–water partition coefficient (Wildman–Crippen LogP) is 7.17. The lowest BCUT2D eigenvalue weighted by molar-refractivity contribution is 0.264. The van der Waals surface area contributed by atoms with E-state index in [1.54, 1.807) is 0 Å². The molecule has 2 saturated carbocycles.